The molecule has 8 heteroatoms. The fraction of sp³-hybridized carbons (Fsp3) is 0.0909. The number of rotatable bonds is 6. The van der Waals surface area contributed by atoms with Gasteiger partial charge in [0, 0.05) is 18.5 Å². The molecule has 0 aliphatic heterocycles. The summed E-state index contributed by atoms with van der Waals surface area (Å²) in [5.41, 5.74) is 1.05. The van der Waals surface area contributed by atoms with Gasteiger partial charge in [0.25, 0.3) is 0 Å². The molecule has 3 heterocycles. The van der Waals surface area contributed by atoms with Gasteiger partial charge < -0.3 is 14.3 Å². The lowest BCUT2D eigenvalue weighted by Crippen LogP contribution is -2.05. The average Bonchev–Trinajstić information content (AvgIpc) is 3.54. The van der Waals surface area contributed by atoms with Crippen molar-refractivity contribution in [3.63, 3.8) is 0 Å². The molecule has 0 saturated heterocycles. The van der Waals surface area contributed by atoms with Crippen LogP contribution in [0.3, 0.4) is 0 Å². The smallest absolute Gasteiger partial charge is 0.232 e. The van der Waals surface area contributed by atoms with E-state index < -0.39 is 0 Å². The number of fused-ring (bicyclic) bond motifs is 1. The summed E-state index contributed by atoms with van der Waals surface area (Å²) in [4.78, 5) is 9.73. The monoisotopic (exact) mass is 413 g/mol. The van der Waals surface area contributed by atoms with E-state index in [-0.39, 0.29) is 5.69 Å². The highest BCUT2D eigenvalue weighted by atomic mass is 32.1. The van der Waals surface area contributed by atoms with Crippen LogP contribution in [0.25, 0.3) is 32.9 Å². The van der Waals surface area contributed by atoms with E-state index in [9.17, 15) is 5.26 Å². The molecule has 0 aliphatic rings. The van der Waals surface area contributed by atoms with E-state index in [4.69, 9.17) is 8.94 Å². The standard InChI is InChI=1S/C22H15N5O2S/c23-13-17-22(24-11-10-19-26-20(27-29-19)18-9-4-12-30-18)28-21(25-17)16-8-3-6-14-5-1-2-7-15(14)16/h1-9,12,24H,10-11H2. The van der Waals surface area contributed by atoms with Gasteiger partial charge in [0.2, 0.25) is 29.2 Å². The molecule has 7 nitrogen and oxygen atoms in total. The van der Waals surface area contributed by atoms with Gasteiger partial charge in [-0.25, -0.2) is 0 Å². The summed E-state index contributed by atoms with van der Waals surface area (Å²) in [6.45, 7) is 0.463. The summed E-state index contributed by atoms with van der Waals surface area (Å²) < 4.78 is 11.2. The summed E-state index contributed by atoms with van der Waals surface area (Å²) in [6, 6.07) is 19.9. The molecule has 0 radical (unpaired) electrons. The molecule has 0 atom stereocenters. The summed E-state index contributed by atoms with van der Waals surface area (Å²) in [6.07, 6.45) is 0.494. The van der Waals surface area contributed by atoms with Crippen LogP contribution in [0.2, 0.25) is 0 Å². The van der Waals surface area contributed by atoms with E-state index in [2.05, 4.69) is 26.5 Å². The molecule has 30 heavy (non-hydrogen) atoms. The maximum atomic E-state index is 9.47. The number of benzene rings is 2. The van der Waals surface area contributed by atoms with Crippen LogP contribution in [0.4, 0.5) is 5.88 Å². The lowest BCUT2D eigenvalue weighted by Gasteiger charge is -2.03. The third-order valence-electron chi connectivity index (χ3n) is 4.59. The molecule has 0 fully saturated rings. The first-order chi connectivity index (χ1) is 14.8. The van der Waals surface area contributed by atoms with Crippen LogP contribution >= 0.6 is 11.3 Å². The number of nitrogens with one attached hydrogen (secondary N) is 1. The number of hydrogen-bond donors (Lipinski definition) is 1. The van der Waals surface area contributed by atoms with Gasteiger partial charge in [0.05, 0.1) is 4.88 Å². The first kappa shape index (κ1) is 18.1. The molecule has 146 valence electrons. The minimum absolute atomic E-state index is 0.211. The summed E-state index contributed by atoms with van der Waals surface area (Å²) >= 11 is 1.56. The Morgan fingerprint density at radius 2 is 1.93 bits per heavy atom. The number of thiophene rings is 1. The zero-order valence-corrected chi connectivity index (χ0v) is 16.5. The molecule has 2 aromatic carbocycles. The molecule has 0 bridgehead atoms. The van der Waals surface area contributed by atoms with Crippen molar-refractivity contribution in [2.75, 3.05) is 11.9 Å². The minimum Gasteiger partial charge on any atom is -0.419 e. The summed E-state index contributed by atoms with van der Waals surface area (Å²) in [7, 11) is 0. The number of anilines is 1. The third kappa shape index (κ3) is 3.43. The van der Waals surface area contributed by atoms with Gasteiger partial charge in [0.15, 0.2) is 0 Å². The van der Waals surface area contributed by atoms with Crippen molar-refractivity contribution in [2.24, 2.45) is 0 Å². The van der Waals surface area contributed by atoms with E-state index in [0.717, 1.165) is 21.2 Å². The molecule has 5 aromatic rings. The van der Waals surface area contributed by atoms with Crippen LogP contribution in [0.1, 0.15) is 11.6 Å². The second kappa shape index (κ2) is 7.81. The van der Waals surface area contributed by atoms with Crippen molar-refractivity contribution >= 4 is 28.0 Å². The Labute approximate surface area is 175 Å². The van der Waals surface area contributed by atoms with Crippen molar-refractivity contribution in [1.29, 1.82) is 5.26 Å². The van der Waals surface area contributed by atoms with Crippen molar-refractivity contribution in [2.45, 2.75) is 6.42 Å². The number of aromatic nitrogens is 3. The fourth-order valence-electron chi connectivity index (χ4n) is 3.19. The van der Waals surface area contributed by atoms with E-state index in [1.807, 2.05) is 60.0 Å². The molecule has 3 aromatic heterocycles. The predicted octanol–water partition coefficient (Wildman–Crippen LogP) is 5.13. The highest BCUT2D eigenvalue weighted by Crippen LogP contribution is 2.31. The zero-order valence-electron chi connectivity index (χ0n) is 15.7. The third-order valence-corrected chi connectivity index (χ3v) is 5.45. The van der Waals surface area contributed by atoms with Crippen LogP contribution in [0.5, 0.6) is 0 Å². The molecule has 0 aliphatic carbocycles. The van der Waals surface area contributed by atoms with Crippen LogP contribution in [0.15, 0.2) is 68.9 Å². The van der Waals surface area contributed by atoms with Crippen molar-refractivity contribution in [3.8, 4) is 28.2 Å². The van der Waals surface area contributed by atoms with Crippen LogP contribution < -0.4 is 5.32 Å². The fourth-order valence-corrected chi connectivity index (χ4v) is 3.84. The van der Waals surface area contributed by atoms with Crippen molar-refractivity contribution in [1.82, 2.24) is 15.1 Å². The van der Waals surface area contributed by atoms with Gasteiger partial charge in [-0.3, -0.25) is 0 Å². The van der Waals surface area contributed by atoms with Gasteiger partial charge in [0.1, 0.15) is 6.07 Å². The Balaban J connectivity index is 1.33. The maximum absolute atomic E-state index is 9.47. The molecule has 5 rings (SSSR count). The van der Waals surface area contributed by atoms with Crippen LogP contribution in [0, 0.1) is 11.3 Å². The van der Waals surface area contributed by atoms with E-state index in [1.165, 1.54) is 0 Å². The highest BCUT2D eigenvalue weighted by Gasteiger charge is 2.16. The summed E-state index contributed by atoms with van der Waals surface area (Å²) in [5, 5.41) is 20.6. The summed E-state index contributed by atoms with van der Waals surface area (Å²) in [5.74, 6) is 1.83. The Bertz CT molecular complexity index is 1340. The SMILES string of the molecule is N#Cc1nc(-c2cccc3ccccc23)oc1NCCc1nc(-c2cccs2)no1. The quantitative estimate of drug-likeness (QED) is 0.412. The second-order valence-electron chi connectivity index (χ2n) is 6.50. The van der Waals surface area contributed by atoms with Gasteiger partial charge in [-0.1, -0.05) is 47.6 Å². The molecule has 1 N–H and O–H groups in total. The first-order valence-electron chi connectivity index (χ1n) is 9.31. The van der Waals surface area contributed by atoms with E-state index in [0.29, 0.717) is 36.5 Å². The van der Waals surface area contributed by atoms with Crippen molar-refractivity contribution in [3.05, 3.63) is 71.6 Å². The number of nitrogens with zero attached hydrogens (tertiary/aromatic N) is 4. The molecule has 0 saturated carbocycles. The van der Waals surface area contributed by atoms with Crippen LogP contribution in [-0.2, 0) is 6.42 Å². The molecule has 0 spiro atoms. The Morgan fingerprint density at radius 1 is 1.03 bits per heavy atom. The highest BCUT2D eigenvalue weighted by molar-refractivity contribution is 7.13. The maximum Gasteiger partial charge on any atom is 0.232 e. The lowest BCUT2D eigenvalue weighted by molar-refractivity contribution is 0.381. The molecule has 0 amide bonds. The van der Waals surface area contributed by atoms with E-state index >= 15 is 0 Å². The second-order valence-corrected chi connectivity index (χ2v) is 7.45. The lowest BCUT2D eigenvalue weighted by atomic mass is 10.0. The Morgan fingerprint density at radius 3 is 2.80 bits per heavy atom. The number of nitriles is 1. The van der Waals surface area contributed by atoms with Gasteiger partial charge in [-0.2, -0.15) is 15.2 Å². The molecular formula is C22H15N5O2S. The van der Waals surface area contributed by atoms with Crippen LogP contribution in [-0.4, -0.2) is 21.7 Å². The first-order valence-corrected chi connectivity index (χ1v) is 10.2. The van der Waals surface area contributed by atoms with Gasteiger partial charge >= 0.3 is 0 Å². The van der Waals surface area contributed by atoms with Gasteiger partial charge in [-0.05, 0) is 28.3 Å². The molecular weight excluding hydrogens is 398 g/mol. The molecule has 0 unspecified atom stereocenters. The van der Waals surface area contributed by atoms with Gasteiger partial charge in [-0.15, -0.1) is 11.3 Å². The number of hydrogen-bond acceptors (Lipinski definition) is 8. The predicted molar refractivity (Wildman–Crippen MR) is 114 cm³/mol. The van der Waals surface area contributed by atoms with E-state index in [1.54, 1.807) is 11.3 Å². The topological polar surface area (TPSA) is 101 Å². The minimum atomic E-state index is 0.211. The Kier molecular flexibility index (Phi) is 4.71. The Hall–Kier alpha value is -3.96. The average molecular weight is 413 g/mol. The zero-order chi connectivity index (χ0) is 20.3. The largest absolute Gasteiger partial charge is 0.419 e. The normalized spacial score (nSPS) is 10.9. The van der Waals surface area contributed by atoms with Crippen molar-refractivity contribution < 1.29 is 8.94 Å². The number of oxazole rings is 1.